The maximum absolute atomic E-state index is 13.2. The van der Waals surface area contributed by atoms with Crippen molar-refractivity contribution in [2.75, 3.05) is 5.32 Å². The Morgan fingerprint density at radius 2 is 1.79 bits per heavy atom. The predicted molar refractivity (Wildman–Crippen MR) is 124 cm³/mol. The predicted octanol–water partition coefficient (Wildman–Crippen LogP) is 6.81. The lowest BCUT2D eigenvalue weighted by molar-refractivity contribution is 0.101. The number of anilines is 1. The van der Waals surface area contributed by atoms with Gasteiger partial charge in [0.2, 0.25) is 0 Å². The standard InChI is InChI=1S/C26H32N2O/c1-8-15-28-23-14-9-19(17(2)3)16-22(23)18(4)24(28)25(29)27-21-12-10-20(11-13-21)26(5,6)7/h8-14,16-17H,1,15H2,2-7H3,(H,27,29). The Hall–Kier alpha value is -2.81. The Kier molecular flexibility index (Phi) is 5.70. The monoisotopic (exact) mass is 388 g/mol. The van der Waals surface area contributed by atoms with Crippen LogP contribution in [0.15, 0.2) is 55.1 Å². The number of nitrogens with one attached hydrogen (secondary N) is 1. The number of carbonyl (C=O) groups excluding carboxylic acids is 1. The second kappa shape index (κ2) is 7.90. The zero-order valence-electron chi connectivity index (χ0n) is 18.5. The molecule has 3 rings (SSSR count). The highest BCUT2D eigenvalue weighted by Gasteiger charge is 2.21. The first-order valence-electron chi connectivity index (χ1n) is 10.3. The van der Waals surface area contributed by atoms with Crippen molar-refractivity contribution in [3.05, 3.63) is 77.5 Å². The Bertz CT molecular complexity index is 1050. The van der Waals surface area contributed by atoms with E-state index in [9.17, 15) is 4.79 Å². The lowest BCUT2D eigenvalue weighted by atomic mass is 9.87. The first kappa shape index (κ1) is 20.9. The molecule has 0 bridgehead atoms. The van der Waals surface area contributed by atoms with E-state index in [0.29, 0.717) is 18.2 Å². The van der Waals surface area contributed by atoms with E-state index in [1.165, 1.54) is 11.1 Å². The normalized spacial score (nSPS) is 11.8. The molecule has 3 aromatic rings. The fourth-order valence-corrected chi connectivity index (χ4v) is 3.75. The second-order valence-corrected chi connectivity index (χ2v) is 9.09. The van der Waals surface area contributed by atoms with E-state index >= 15 is 0 Å². The minimum Gasteiger partial charge on any atom is -0.332 e. The molecule has 0 atom stereocenters. The van der Waals surface area contributed by atoms with E-state index in [1.807, 2.05) is 25.1 Å². The van der Waals surface area contributed by atoms with Crippen LogP contribution >= 0.6 is 0 Å². The molecule has 0 aliphatic heterocycles. The topological polar surface area (TPSA) is 34.0 Å². The molecule has 29 heavy (non-hydrogen) atoms. The van der Waals surface area contributed by atoms with Gasteiger partial charge in [0, 0.05) is 23.1 Å². The number of amides is 1. The van der Waals surface area contributed by atoms with Crippen LogP contribution in [0.5, 0.6) is 0 Å². The van der Waals surface area contributed by atoms with Crippen LogP contribution < -0.4 is 5.32 Å². The SMILES string of the molecule is C=CCn1c(C(=O)Nc2ccc(C(C)(C)C)cc2)c(C)c2cc(C(C)C)ccc21. The number of nitrogens with zero attached hydrogens (tertiary/aromatic N) is 1. The summed E-state index contributed by atoms with van der Waals surface area (Å²) in [4.78, 5) is 13.2. The molecule has 1 heterocycles. The molecule has 0 aliphatic carbocycles. The molecule has 0 unspecified atom stereocenters. The zero-order valence-corrected chi connectivity index (χ0v) is 18.5. The molecule has 0 saturated heterocycles. The summed E-state index contributed by atoms with van der Waals surface area (Å²) in [5, 5.41) is 4.21. The number of aromatic nitrogens is 1. The van der Waals surface area contributed by atoms with Gasteiger partial charge in [-0.1, -0.05) is 58.9 Å². The maximum Gasteiger partial charge on any atom is 0.272 e. The number of allylic oxidation sites excluding steroid dienone is 1. The van der Waals surface area contributed by atoms with Crippen LogP contribution in [0.1, 0.15) is 67.7 Å². The van der Waals surface area contributed by atoms with E-state index in [0.717, 1.165) is 22.2 Å². The summed E-state index contributed by atoms with van der Waals surface area (Å²) in [5.41, 5.74) is 6.19. The Morgan fingerprint density at radius 3 is 2.34 bits per heavy atom. The number of aryl methyl sites for hydroxylation is 1. The van der Waals surface area contributed by atoms with Crippen molar-refractivity contribution >= 4 is 22.5 Å². The summed E-state index contributed by atoms with van der Waals surface area (Å²) in [6.45, 7) is 17.4. The molecule has 1 amide bonds. The summed E-state index contributed by atoms with van der Waals surface area (Å²) >= 11 is 0. The van der Waals surface area contributed by atoms with Crippen LogP contribution in [-0.4, -0.2) is 10.5 Å². The Balaban J connectivity index is 2.01. The third kappa shape index (κ3) is 4.14. The largest absolute Gasteiger partial charge is 0.332 e. The third-order valence-electron chi connectivity index (χ3n) is 5.54. The molecular weight excluding hydrogens is 356 g/mol. The fourth-order valence-electron chi connectivity index (χ4n) is 3.75. The highest BCUT2D eigenvalue weighted by molar-refractivity contribution is 6.08. The quantitative estimate of drug-likeness (QED) is 0.479. The molecule has 0 aliphatic rings. The zero-order chi connectivity index (χ0) is 21.3. The van der Waals surface area contributed by atoms with Crippen LogP contribution in [0.2, 0.25) is 0 Å². The van der Waals surface area contributed by atoms with Crippen molar-refractivity contribution < 1.29 is 4.79 Å². The van der Waals surface area contributed by atoms with Crippen molar-refractivity contribution in [1.82, 2.24) is 4.57 Å². The highest BCUT2D eigenvalue weighted by atomic mass is 16.2. The number of hydrogen-bond acceptors (Lipinski definition) is 1. The molecule has 3 heteroatoms. The van der Waals surface area contributed by atoms with Crippen molar-refractivity contribution in [2.45, 2.75) is 59.4 Å². The van der Waals surface area contributed by atoms with Gasteiger partial charge in [-0.15, -0.1) is 6.58 Å². The number of rotatable bonds is 5. The van der Waals surface area contributed by atoms with Gasteiger partial charge in [0.25, 0.3) is 5.91 Å². The average Bonchev–Trinajstić information content (AvgIpc) is 2.93. The van der Waals surface area contributed by atoms with Gasteiger partial charge in [-0.05, 0) is 59.2 Å². The van der Waals surface area contributed by atoms with Gasteiger partial charge in [-0.3, -0.25) is 4.79 Å². The first-order valence-corrected chi connectivity index (χ1v) is 10.3. The van der Waals surface area contributed by atoms with E-state index in [1.54, 1.807) is 0 Å². The van der Waals surface area contributed by atoms with Gasteiger partial charge in [0.1, 0.15) is 5.69 Å². The maximum atomic E-state index is 13.2. The van der Waals surface area contributed by atoms with Gasteiger partial charge in [0.05, 0.1) is 0 Å². The number of benzene rings is 2. The van der Waals surface area contributed by atoms with Crippen LogP contribution in [0.4, 0.5) is 5.69 Å². The lowest BCUT2D eigenvalue weighted by Crippen LogP contribution is -2.18. The molecule has 1 aromatic heterocycles. The van der Waals surface area contributed by atoms with E-state index in [2.05, 4.69) is 81.4 Å². The summed E-state index contributed by atoms with van der Waals surface area (Å²) in [5.74, 6) is 0.357. The number of carbonyl (C=O) groups is 1. The second-order valence-electron chi connectivity index (χ2n) is 9.09. The van der Waals surface area contributed by atoms with Gasteiger partial charge < -0.3 is 9.88 Å². The molecular formula is C26H32N2O. The van der Waals surface area contributed by atoms with Gasteiger partial charge in [-0.2, -0.15) is 0 Å². The minimum atomic E-state index is -0.0878. The summed E-state index contributed by atoms with van der Waals surface area (Å²) in [6.07, 6.45) is 1.84. The van der Waals surface area contributed by atoms with Crippen molar-refractivity contribution in [3.63, 3.8) is 0 Å². The van der Waals surface area contributed by atoms with Gasteiger partial charge >= 0.3 is 0 Å². The summed E-state index contributed by atoms with van der Waals surface area (Å²) in [6, 6.07) is 14.6. The Labute approximate surface area is 174 Å². The Morgan fingerprint density at radius 1 is 1.14 bits per heavy atom. The number of fused-ring (bicyclic) bond motifs is 1. The van der Waals surface area contributed by atoms with E-state index in [4.69, 9.17) is 0 Å². The summed E-state index contributed by atoms with van der Waals surface area (Å²) in [7, 11) is 0. The molecule has 0 saturated carbocycles. The van der Waals surface area contributed by atoms with Crippen LogP contribution in [-0.2, 0) is 12.0 Å². The molecule has 2 aromatic carbocycles. The fraction of sp³-hybridized carbons (Fsp3) is 0.346. The smallest absolute Gasteiger partial charge is 0.272 e. The van der Waals surface area contributed by atoms with Crippen LogP contribution in [0.25, 0.3) is 10.9 Å². The van der Waals surface area contributed by atoms with Crippen molar-refractivity contribution in [3.8, 4) is 0 Å². The first-order chi connectivity index (χ1) is 13.6. The third-order valence-corrected chi connectivity index (χ3v) is 5.54. The molecule has 0 radical (unpaired) electrons. The highest BCUT2D eigenvalue weighted by Crippen LogP contribution is 2.30. The van der Waals surface area contributed by atoms with E-state index in [-0.39, 0.29) is 11.3 Å². The van der Waals surface area contributed by atoms with Gasteiger partial charge in [0.15, 0.2) is 0 Å². The van der Waals surface area contributed by atoms with Crippen molar-refractivity contribution in [1.29, 1.82) is 0 Å². The average molecular weight is 389 g/mol. The van der Waals surface area contributed by atoms with Gasteiger partial charge in [-0.25, -0.2) is 0 Å². The van der Waals surface area contributed by atoms with E-state index < -0.39 is 0 Å². The molecule has 1 N–H and O–H groups in total. The minimum absolute atomic E-state index is 0.0869. The van der Waals surface area contributed by atoms with Crippen LogP contribution in [0.3, 0.4) is 0 Å². The molecule has 0 fully saturated rings. The lowest BCUT2D eigenvalue weighted by Gasteiger charge is -2.19. The summed E-state index contributed by atoms with van der Waals surface area (Å²) < 4.78 is 2.06. The molecule has 0 spiro atoms. The van der Waals surface area contributed by atoms with Crippen molar-refractivity contribution in [2.24, 2.45) is 0 Å². The molecule has 152 valence electrons. The number of hydrogen-bond donors (Lipinski definition) is 1. The van der Waals surface area contributed by atoms with Crippen LogP contribution in [0, 0.1) is 6.92 Å². The molecule has 3 nitrogen and oxygen atoms in total.